The molecule has 1 aliphatic rings. The molecule has 0 aromatic carbocycles. The summed E-state index contributed by atoms with van der Waals surface area (Å²) in [7, 11) is 0. The molecule has 0 amide bonds. The van der Waals surface area contributed by atoms with Crippen LogP contribution in [0.25, 0.3) is 0 Å². The summed E-state index contributed by atoms with van der Waals surface area (Å²) in [5, 5.41) is 0. The van der Waals surface area contributed by atoms with E-state index in [1.807, 2.05) is 0 Å². The summed E-state index contributed by atoms with van der Waals surface area (Å²) in [5.41, 5.74) is 15.9. The predicted octanol–water partition coefficient (Wildman–Crippen LogP) is -0.778. The van der Waals surface area contributed by atoms with Gasteiger partial charge in [0.05, 0.1) is 6.61 Å². The van der Waals surface area contributed by atoms with Gasteiger partial charge in [-0.15, -0.1) is 0 Å². The highest BCUT2D eigenvalue weighted by Crippen LogP contribution is 2.15. The highest BCUT2D eigenvalue weighted by atomic mass is 16.5. The summed E-state index contributed by atoms with van der Waals surface area (Å²) < 4.78 is 5.05. The number of rotatable bonds is 4. The Morgan fingerprint density at radius 3 is 2.36 bits per heavy atom. The summed E-state index contributed by atoms with van der Waals surface area (Å²) in [4.78, 5) is 2.35. The minimum Gasteiger partial charge on any atom is -0.334 e. The molecule has 0 atom stereocenters. The molecule has 84 valence electrons. The molecule has 0 spiro atoms. The molecule has 1 aliphatic heterocycles. The van der Waals surface area contributed by atoms with E-state index < -0.39 is 5.97 Å². The standard InChI is InChI=1S/C9H22N4O/c1-8-2-4-13(5-3-8)6-7-14-9(10,11)12/h8H,2-7,10-12H2,1H3. The fourth-order valence-electron chi connectivity index (χ4n) is 1.64. The van der Waals surface area contributed by atoms with E-state index in [1.54, 1.807) is 0 Å². The molecule has 14 heavy (non-hydrogen) atoms. The van der Waals surface area contributed by atoms with E-state index >= 15 is 0 Å². The van der Waals surface area contributed by atoms with Crippen LogP contribution in [0.2, 0.25) is 0 Å². The van der Waals surface area contributed by atoms with Gasteiger partial charge in [0.15, 0.2) is 0 Å². The van der Waals surface area contributed by atoms with Crippen molar-refractivity contribution in [2.24, 2.45) is 23.1 Å². The summed E-state index contributed by atoms with van der Waals surface area (Å²) in [5.74, 6) is -0.631. The number of likely N-dealkylation sites (tertiary alicyclic amines) is 1. The van der Waals surface area contributed by atoms with Crippen LogP contribution in [0.5, 0.6) is 0 Å². The maximum absolute atomic E-state index is 5.29. The van der Waals surface area contributed by atoms with Crippen LogP contribution in [0.3, 0.4) is 0 Å². The molecule has 5 heteroatoms. The second kappa shape index (κ2) is 5.04. The zero-order valence-corrected chi connectivity index (χ0v) is 8.91. The van der Waals surface area contributed by atoms with Crippen LogP contribution in [0, 0.1) is 5.92 Å². The van der Waals surface area contributed by atoms with Crippen LogP contribution in [-0.4, -0.2) is 37.1 Å². The van der Waals surface area contributed by atoms with Crippen LogP contribution >= 0.6 is 0 Å². The Kier molecular flexibility index (Phi) is 4.28. The molecule has 1 heterocycles. The third-order valence-corrected chi connectivity index (χ3v) is 2.64. The average molecular weight is 202 g/mol. The Morgan fingerprint density at radius 2 is 1.86 bits per heavy atom. The Morgan fingerprint density at radius 1 is 1.29 bits per heavy atom. The molecule has 5 nitrogen and oxygen atoms in total. The Labute approximate surface area is 85.5 Å². The molecule has 0 aliphatic carbocycles. The monoisotopic (exact) mass is 202 g/mol. The topological polar surface area (TPSA) is 90.5 Å². The number of piperidine rings is 1. The van der Waals surface area contributed by atoms with Gasteiger partial charge in [-0.2, -0.15) is 0 Å². The van der Waals surface area contributed by atoms with Gasteiger partial charge in [-0.3, -0.25) is 17.2 Å². The maximum Gasteiger partial charge on any atom is 0.227 e. The number of nitrogens with two attached hydrogens (primary N) is 3. The van der Waals surface area contributed by atoms with Crippen molar-refractivity contribution >= 4 is 0 Å². The van der Waals surface area contributed by atoms with E-state index in [2.05, 4.69) is 11.8 Å². The normalized spacial score (nSPS) is 21.4. The van der Waals surface area contributed by atoms with Crippen molar-refractivity contribution in [3.63, 3.8) is 0 Å². The predicted molar refractivity (Wildman–Crippen MR) is 56.1 cm³/mol. The first-order chi connectivity index (χ1) is 6.47. The Hall–Kier alpha value is -0.200. The third kappa shape index (κ3) is 4.88. The lowest BCUT2D eigenvalue weighted by Crippen LogP contribution is -2.60. The van der Waals surface area contributed by atoms with Crippen molar-refractivity contribution in [3.8, 4) is 0 Å². The van der Waals surface area contributed by atoms with Crippen molar-refractivity contribution in [1.29, 1.82) is 0 Å². The minimum atomic E-state index is -1.48. The Bertz CT molecular complexity index is 161. The van der Waals surface area contributed by atoms with Crippen molar-refractivity contribution in [1.82, 2.24) is 4.90 Å². The van der Waals surface area contributed by atoms with E-state index in [1.165, 1.54) is 12.8 Å². The van der Waals surface area contributed by atoms with Crippen LogP contribution in [0.1, 0.15) is 19.8 Å². The van der Waals surface area contributed by atoms with Gasteiger partial charge in [0.1, 0.15) is 0 Å². The molecule has 1 rings (SSSR count). The number of hydrogen-bond acceptors (Lipinski definition) is 5. The summed E-state index contributed by atoms with van der Waals surface area (Å²) in [6, 6.07) is 0. The fraction of sp³-hybridized carbons (Fsp3) is 1.00. The van der Waals surface area contributed by atoms with Crippen molar-refractivity contribution in [2.75, 3.05) is 26.2 Å². The lowest BCUT2D eigenvalue weighted by atomic mass is 9.99. The molecule has 0 radical (unpaired) electrons. The molecule has 0 saturated carbocycles. The van der Waals surface area contributed by atoms with Gasteiger partial charge in [0, 0.05) is 6.54 Å². The second-order valence-electron chi connectivity index (χ2n) is 4.23. The zero-order chi connectivity index (χ0) is 10.6. The van der Waals surface area contributed by atoms with Crippen molar-refractivity contribution < 1.29 is 4.74 Å². The number of ether oxygens (including phenoxy) is 1. The van der Waals surface area contributed by atoms with Gasteiger partial charge >= 0.3 is 0 Å². The minimum absolute atomic E-state index is 0.498. The largest absolute Gasteiger partial charge is 0.334 e. The summed E-state index contributed by atoms with van der Waals surface area (Å²) >= 11 is 0. The van der Waals surface area contributed by atoms with Gasteiger partial charge < -0.3 is 9.64 Å². The van der Waals surface area contributed by atoms with E-state index in [4.69, 9.17) is 21.9 Å². The molecule has 1 saturated heterocycles. The van der Waals surface area contributed by atoms with E-state index in [0.717, 1.165) is 25.6 Å². The van der Waals surface area contributed by atoms with E-state index in [0.29, 0.717) is 6.61 Å². The molecule has 0 bridgehead atoms. The molecule has 0 aromatic heterocycles. The third-order valence-electron chi connectivity index (χ3n) is 2.64. The van der Waals surface area contributed by atoms with E-state index in [-0.39, 0.29) is 0 Å². The summed E-state index contributed by atoms with van der Waals surface area (Å²) in [6.07, 6.45) is 2.53. The number of hydrogen-bond donors (Lipinski definition) is 3. The van der Waals surface area contributed by atoms with Crippen LogP contribution in [0.4, 0.5) is 0 Å². The Balaban J connectivity index is 2.08. The van der Waals surface area contributed by atoms with Crippen LogP contribution in [-0.2, 0) is 4.74 Å². The van der Waals surface area contributed by atoms with Gasteiger partial charge in [-0.25, -0.2) is 0 Å². The highest BCUT2D eigenvalue weighted by molar-refractivity contribution is 4.69. The first-order valence-corrected chi connectivity index (χ1v) is 5.20. The SMILES string of the molecule is CC1CCN(CCOC(N)(N)N)CC1. The number of nitrogens with zero attached hydrogens (tertiary/aromatic N) is 1. The van der Waals surface area contributed by atoms with Gasteiger partial charge in [0.2, 0.25) is 5.97 Å². The lowest BCUT2D eigenvalue weighted by Gasteiger charge is -2.30. The van der Waals surface area contributed by atoms with Gasteiger partial charge in [-0.05, 0) is 31.8 Å². The summed E-state index contributed by atoms with van der Waals surface area (Å²) in [6.45, 7) is 5.92. The van der Waals surface area contributed by atoms with E-state index in [9.17, 15) is 0 Å². The fourth-order valence-corrected chi connectivity index (χ4v) is 1.64. The first kappa shape index (κ1) is 11.9. The molecular formula is C9H22N4O. The highest BCUT2D eigenvalue weighted by Gasteiger charge is 2.17. The van der Waals surface area contributed by atoms with Crippen LogP contribution < -0.4 is 17.2 Å². The average Bonchev–Trinajstić information content (AvgIpc) is 2.06. The lowest BCUT2D eigenvalue weighted by molar-refractivity contribution is -0.0420. The van der Waals surface area contributed by atoms with Gasteiger partial charge in [0.25, 0.3) is 0 Å². The molecule has 0 unspecified atom stereocenters. The molecular weight excluding hydrogens is 180 g/mol. The molecule has 1 fully saturated rings. The first-order valence-electron chi connectivity index (χ1n) is 5.20. The smallest absolute Gasteiger partial charge is 0.227 e. The zero-order valence-electron chi connectivity index (χ0n) is 8.91. The second-order valence-corrected chi connectivity index (χ2v) is 4.23. The van der Waals surface area contributed by atoms with Crippen LogP contribution in [0.15, 0.2) is 0 Å². The quantitative estimate of drug-likeness (QED) is 0.520. The maximum atomic E-state index is 5.29. The molecule has 6 N–H and O–H groups in total. The van der Waals surface area contributed by atoms with Crippen molar-refractivity contribution in [3.05, 3.63) is 0 Å². The molecule has 0 aromatic rings. The van der Waals surface area contributed by atoms with Gasteiger partial charge in [-0.1, -0.05) is 6.92 Å². The van der Waals surface area contributed by atoms with Crippen molar-refractivity contribution in [2.45, 2.75) is 25.7 Å².